The molecule has 3 rings (SSSR count). The summed E-state index contributed by atoms with van der Waals surface area (Å²) < 4.78 is 6.66. The van der Waals surface area contributed by atoms with Crippen LogP contribution in [0.1, 0.15) is 0 Å². The highest BCUT2D eigenvalue weighted by Crippen LogP contribution is 2.33. The molecule has 0 unspecified atom stereocenters. The van der Waals surface area contributed by atoms with Crippen molar-refractivity contribution in [3.63, 3.8) is 0 Å². The first-order chi connectivity index (χ1) is 12.1. The molecule has 3 aromatic rings. The second kappa shape index (κ2) is 7.10. The molecular formula is C17H16N6OS. The molecule has 1 heterocycles. The molecule has 4 N–H and O–H groups in total. The Morgan fingerprint density at radius 2 is 1.76 bits per heavy atom. The van der Waals surface area contributed by atoms with Gasteiger partial charge in [-0.2, -0.15) is 5.10 Å². The van der Waals surface area contributed by atoms with Gasteiger partial charge >= 0.3 is 0 Å². The van der Waals surface area contributed by atoms with E-state index in [1.54, 1.807) is 25.4 Å². The van der Waals surface area contributed by atoms with E-state index < -0.39 is 0 Å². The van der Waals surface area contributed by atoms with Crippen molar-refractivity contribution in [2.45, 2.75) is 0 Å². The number of para-hydroxylation sites is 1. The van der Waals surface area contributed by atoms with Crippen LogP contribution < -0.4 is 16.2 Å². The van der Waals surface area contributed by atoms with E-state index in [0.29, 0.717) is 28.5 Å². The van der Waals surface area contributed by atoms with Crippen LogP contribution in [-0.4, -0.2) is 22.0 Å². The molecule has 0 aliphatic carbocycles. The van der Waals surface area contributed by atoms with Gasteiger partial charge in [0.05, 0.1) is 13.3 Å². The zero-order valence-corrected chi connectivity index (χ0v) is 14.3. The standard InChI is InChI=1S/C17H16N6OS/c1-24-15-5-3-2-4-13(15)20-21-14-10-23(17(19)25)22-16(14)11-6-8-12(18)9-7-11/h2-10H,18H2,1H3,(H2,19,25). The first-order valence-electron chi connectivity index (χ1n) is 7.38. The summed E-state index contributed by atoms with van der Waals surface area (Å²) >= 11 is 4.99. The van der Waals surface area contributed by atoms with Crippen LogP contribution in [0.3, 0.4) is 0 Å². The fourth-order valence-corrected chi connectivity index (χ4v) is 2.31. The third-order valence-electron chi connectivity index (χ3n) is 3.46. The Morgan fingerprint density at radius 1 is 1.08 bits per heavy atom. The van der Waals surface area contributed by atoms with Gasteiger partial charge in [-0.15, -0.1) is 10.2 Å². The molecular weight excluding hydrogens is 336 g/mol. The number of ether oxygens (including phenoxy) is 1. The summed E-state index contributed by atoms with van der Waals surface area (Å²) in [5.41, 5.74) is 14.6. The van der Waals surface area contributed by atoms with Crippen molar-refractivity contribution < 1.29 is 4.74 Å². The molecule has 0 saturated carbocycles. The van der Waals surface area contributed by atoms with Crippen LogP contribution in [-0.2, 0) is 0 Å². The van der Waals surface area contributed by atoms with E-state index in [1.807, 2.05) is 36.4 Å². The van der Waals surface area contributed by atoms with Gasteiger partial charge in [0.25, 0.3) is 0 Å². The summed E-state index contributed by atoms with van der Waals surface area (Å²) in [5.74, 6) is 0.627. The number of aromatic nitrogens is 2. The molecule has 0 saturated heterocycles. The van der Waals surface area contributed by atoms with Crippen molar-refractivity contribution in [1.82, 2.24) is 9.78 Å². The fourth-order valence-electron chi connectivity index (χ4n) is 2.22. The number of thiocarbonyl (C=S) groups is 1. The molecule has 7 nitrogen and oxygen atoms in total. The number of benzene rings is 2. The smallest absolute Gasteiger partial charge is 0.191 e. The Hall–Kier alpha value is -3.26. The molecule has 2 aromatic carbocycles. The van der Waals surface area contributed by atoms with Crippen LogP contribution in [0.15, 0.2) is 65.0 Å². The summed E-state index contributed by atoms with van der Waals surface area (Å²) in [5, 5.41) is 13.1. The maximum absolute atomic E-state index is 5.74. The summed E-state index contributed by atoms with van der Waals surface area (Å²) in [4.78, 5) is 0. The third-order valence-corrected chi connectivity index (χ3v) is 3.64. The topological polar surface area (TPSA) is 104 Å². The second-order valence-electron chi connectivity index (χ2n) is 5.14. The largest absolute Gasteiger partial charge is 0.494 e. The molecule has 8 heteroatoms. The number of azo groups is 1. The van der Waals surface area contributed by atoms with Crippen molar-refractivity contribution in [1.29, 1.82) is 0 Å². The molecule has 0 bridgehead atoms. The number of nitrogens with zero attached hydrogens (tertiary/aromatic N) is 4. The Balaban J connectivity index is 2.04. The molecule has 1 aromatic heterocycles. The average molecular weight is 352 g/mol. The summed E-state index contributed by atoms with van der Waals surface area (Å²) in [6.45, 7) is 0. The van der Waals surface area contributed by atoms with Crippen LogP contribution in [0, 0.1) is 0 Å². The van der Waals surface area contributed by atoms with Gasteiger partial charge in [-0.05, 0) is 36.5 Å². The minimum absolute atomic E-state index is 0.121. The summed E-state index contributed by atoms with van der Waals surface area (Å²) in [6, 6.07) is 14.6. The van der Waals surface area contributed by atoms with Crippen LogP contribution >= 0.6 is 12.2 Å². The van der Waals surface area contributed by atoms with E-state index in [9.17, 15) is 0 Å². The lowest BCUT2D eigenvalue weighted by Gasteiger charge is -2.02. The minimum atomic E-state index is 0.121. The maximum Gasteiger partial charge on any atom is 0.191 e. The van der Waals surface area contributed by atoms with Gasteiger partial charge in [0.2, 0.25) is 0 Å². The quantitative estimate of drug-likeness (QED) is 0.424. The maximum atomic E-state index is 5.74. The Labute approximate surface area is 149 Å². The third kappa shape index (κ3) is 3.64. The van der Waals surface area contributed by atoms with Crippen molar-refractivity contribution >= 4 is 34.4 Å². The van der Waals surface area contributed by atoms with Gasteiger partial charge in [-0.1, -0.05) is 24.3 Å². The predicted molar refractivity (Wildman–Crippen MR) is 101 cm³/mol. The molecule has 0 amide bonds. The lowest BCUT2D eigenvalue weighted by Crippen LogP contribution is -2.19. The van der Waals surface area contributed by atoms with E-state index >= 15 is 0 Å². The fraction of sp³-hybridized carbons (Fsp3) is 0.0588. The van der Waals surface area contributed by atoms with Crippen molar-refractivity contribution in [2.24, 2.45) is 16.0 Å². The number of hydrogen-bond acceptors (Lipinski definition) is 6. The average Bonchev–Trinajstić information content (AvgIpc) is 3.05. The molecule has 0 atom stereocenters. The number of hydrogen-bond donors (Lipinski definition) is 2. The van der Waals surface area contributed by atoms with Crippen molar-refractivity contribution in [3.8, 4) is 17.0 Å². The molecule has 0 fully saturated rings. The molecule has 0 radical (unpaired) electrons. The number of methoxy groups -OCH3 is 1. The Morgan fingerprint density at radius 3 is 2.44 bits per heavy atom. The van der Waals surface area contributed by atoms with Gasteiger partial charge < -0.3 is 16.2 Å². The second-order valence-corrected chi connectivity index (χ2v) is 5.56. The van der Waals surface area contributed by atoms with Crippen LogP contribution in [0.4, 0.5) is 17.1 Å². The zero-order chi connectivity index (χ0) is 17.8. The number of nitrogens with two attached hydrogens (primary N) is 2. The van der Waals surface area contributed by atoms with Gasteiger partial charge in [-0.25, -0.2) is 4.68 Å². The number of anilines is 1. The minimum Gasteiger partial charge on any atom is -0.494 e. The highest BCUT2D eigenvalue weighted by atomic mass is 32.1. The monoisotopic (exact) mass is 352 g/mol. The Kier molecular flexibility index (Phi) is 4.71. The zero-order valence-electron chi connectivity index (χ0n) is 13.5. The molecule has 126 valence electrons. The van der Waals surface area contributed by atoms with Crippen molar-refractivity contribution in [2.75, 3.05) is 12.8 Å². The number of rotatable bonds is 4. The molecule has 0 spiro atoms. The van der Waals surface area contributed by atoms with Gasteiger partial charge in [0.1, 0.15) is 22.8 Å². The molecule has 25 heavy (non-hydrogen) atoms. The van der Waals surface area contributed by atoms with Crippen LogP contribution in [0.2, 0.25) is 0 Å². The van der Waals surface area contributed by atoms with E-state index in [-0.39, 0.29) is 5.11 Å². The van der Waals surface area contributed by atoms with E-state index in [2.05, 4.69) is 15.3 Å². The van der Waals surface area contributed by atoms with Crippen LogP contribution in [0.25, 0.3) is 11.3 Å². The summed E-state index contributed by atoms with van der Waals surface area (Å²) in [6.07, 6.45) is 1.63. The lowest BCUT2D eigenvalue weighted by molar-refractivity contribution is 0.416. The first kappa shape index (κ1) is 16.6. The summed E-state index contributed by atoms with van der Waals surface area (Å²) in [7, 11) is 1.58. The van der Waals surface area contributed by atoms with Gasteiger partial charge in [-0.3, -0.25) is 0 Å². The number of nitrogen functional groups attached to an aromatic ring is 1. The normalized spacial score (nSPS) is 10.9. The van der Waals surface area contributed by atoms with E-state index in [0.717, 1.165) is 5.56 Å². The van der Waals surface area contributed by atoms with Crippen molar-refractivity contribution in [3.05, 3.63) is 54.7 Å². The van der Waals surface area contributed by atoms with Gasteiger partial charge in [0.15, 0.2) is 5.11 Å². The van der Waals surface area contributed by atoms with E-state index in [4.69, 9.17) is 28.4 Å². The highest BCUT2D eigenvalue weighted by Gasteiger charge is 2.13. The first-order valence-corrected chi connectivity index (χ1v) is 7.79. The molecule has 0 aliphatic rings. The predicted octanol–water partition coefficient (Wildman–Crippen LogP) is 3.65. The lowest BCUT2D eigenvalue weighted by atomic mass is 10.1. The SMILES string of the molecule is COc1ccccc1N=Nc1cn(C(N)=S)nc1-c1ccc(N)cc1. The van der Waals surface area contributed by atoms with Crippen LogP contribution in [0.5, 0.6) is 5.75 Å². The van der Waals surface area contributed by atoms with E-state index in [1.165, 1.54) is 4.68 Å². The highest BCUT2D eigenvalue weighted by molar-refractivity contribution is 7.80. The van der Waals surface area contributed by atoms with Gasteiger partial charge in [0, 0.05) is 11.3 Å². The molecule has 0 aliphatic heterocycles. The Bertz CT molecular complexity index is 933.